The molecule has 2 N–H and O–H groups in total. The second-order valence-electron chi connectivity index (χ2n) is 5.23. The largest absolute Gasteiger partial charge is 0.390 e. The smallest absolute Gasteiger partial charge is 0.0811 e. The highest BCUT2D eigenvalue weighted by Crippen LogP contribution is 2.26. The lowest BCUT2D eigenvalue weighted by atomic mass is 9.86. The molecule has 0 amide bonds. The van der Waals surface area contributed by atoms with E-state index in [1.54, 1.807) is 19.9 Å². The van der Waals surface area contributed by atoms with E-state index in [-0.39, 0.29) is 11.8 Å². The van der Waals surface area contributed by atoms with Gasteiger partial charge in [-0.25, -0.2) is 0 Å². The Morgan fingerprint density at radius 3 is 2.41 bits per heavy atom. The summed E-state index contributed by atoms with van der Waals surface area (Å²) in [6.07, 6.45) is 13.6. The Balaban J connectivity index is 2.74. The molecule has 0 fully saturated rings. The van der Waals surface area contributed by atoms with Gasteiger partial charge in [0.25, 0.3) is 0 Å². The van der Waals surface area contributed by atoms with Gasteiger partial charge in [0.1, 0.15) is 0 Å². The molecule has 1 rings (SSSR count). The Hall–Kier alpha value is -0.860. The first-order valence-electron chi connectivity index (χ1n) is 6.39. The van der Waals surface area contributed by atoms with Gasteiger partial charge in [-0.2, -0.15) is 0 Å². The second kappa shape index (κ2) is 6.18. The summed E-state index contributed by atoms with van der Waals surface area (Å²) in [5.41, 5.74) is -0.901. The van der Waals surface area contributed by atoms with E-state index in [9.17, 15) is 10.2 Å². The molecule has 1 aliphatic carbocycles. The Labute approximate surface area is 104 Å². The van der Waals surface area contributed by atoms with Gasteiger partial charge in [0, 0.05) is 11.8 Å². The van der Waals surface area contributed by atoms with Gasteiger partial charge < -0.3 is 10.2 Å². The van der Waals surface area contributed by atoms with E-state index in [0.29, 0.717) is 0 Å². The molecule has 1 aliphatic rings. The molecule has 0 saturated heterocycles. The molecule has 0 aromatic carbocycles. The Bertz CT molecular complexity index is 307. The van der Waals surface area contributed by atoms with Crippen LogP contribution in [0.25, 0.3) is 0 Å². The maximum atomic E-state index is 9.98. The van der Waals surface area contributed by atoms with E-state index in [1.165, 1.54) is 0 Å². The van der Waals surface area contributed by atoms with E-state index in [2.05, 4.69) is 19.1 Å². The van der Waals surface area contributed by atoms with Gasteiger partial charge in [-0.3, -0.25) is 0 Å². The lowest BCUT2D eigenvalue weighted by Crippen LogP contribution is -2.36. The summed E-state index contributed by atoms with van der Waals surface area (Å²) in [6.45, 7) is 5.61. The van der Waals surface area contributed by atoms with Crippen molar-refractivity contribution < 1.29 is 10.2 Å². The van der Waals surface area contributed by atoms with Crippen molar-refractivity contribution in [1.29, 1.82) is 0 Å². The molecule has 0 saturated carbocycles. The number of allylic oxidation sites excluding steroid dienone is 4. The maximum Gasteiger partial charge on any atom is 0.0811 e. The molecule has 2 nitrogen and oxygen atoms in total. The van der Waals surface area contributed by atoms with Gasteiger partial charge in [-0.1, -0.05) is 49.8 Å². The van der Waals surface area contributed by atoms with Crippen LogP contribution in [0.2, 0.25) is 0 Å². The third-order valence-corrected chi connectivity index (χ3v) is 3.07. The zero-order valence-corrected chi connectivity index (χ0v) is 11.0. The third-order valence-electron chi connectivity index (χ3n) is 3.07. The molecule has 0 aromatic heterocycles. The molecule has 0 aromatic rings. The van der Waals surface area contributed by atoms with Gasteiger partial charge in [-0.05, 0) is 20.3 Å². The summed E-state index contributed by atoms with van der Waals surface area (Å²) in [7, 11) is 0. The zero-order chi connectivity index (χ0) is 12.9. The van der Waals surface area contributed by atoms with Crippen LogP contribution in [0.15, 0.2) is 36.5 Å². The second-order valence-corrected chi connectivity index (χ2v) is 5.23. The molecule has 17 heavy (non-hydrogen) atoms. The van der Waals surface area contributed by atoms with Crippen LogP contribution in [0.1, 0.15) is 33.6 Å². The van der Waals surface area contributed by atoms with Crippen LogP contribution < -0.4 is 0 Å². The fraction of sp³-hybridized carbons (Fsp3) is 0.600. The highest BCUT2D eigenvalue weighted by atomic mass is 16.3. The SMILES string of the molecule is CCC/C=C/[C@H]1C=C[C@@H](C(C)(C)O)[C@@H](O)C=C1. The van der Waals surface area contributed by atoms with Crippen molar-refractivity contribution in [3.05, 3.63) is 36.5 Å². The third kappa shape index (κ3) is 4.49. The van der Waals surface area contributed by atoms with E-state index in [0.717, 1.165) is 12.8 Å². The molecule has 0 unspecified atom stereocenters. The van der Waals surface area contributed by atoms with E-state index < -0.39 is 11.7 Å². The zero-order valence-electron chi connectivity index (χ0n) is 11.0. The quantitative estimate of drug-likeness (QED) is 0.737. The minimum atomic E-state index is -0.901. The Kier molecular flexibility index (Phi) is 5.16. The van der Waals surface area contributed by atoms with Crippen LogP contribution in [0.3, 0.4) is 0 Å². The summed E-state index contributed by atoms with van der Waals surface area (Å²) >= 11 is 0. The summed E-state index contributed by atoms with van der Waals surface area (Å²) in [4.78, 5) is 0. The normalized spacial score (nSPS) is 29.8. The standard InChI is InChI=1S/C15H24O2/c1-4-5-6-7-12-8-10-13(15(2,3)17)14(16)11-9-12/h6-14,16-17H,4-5H2,1-3H3/b7-6+/t12-,13+,14-/m0/s1. The molecule has 0 heterocycles. The first-order chi connectivity index (χ1) is 7.95. The Morgan fingerprint density at radius 2 is 1.82 bits per heavy atom. The van der Waals surface area contributed by atoms with Crippen LogP contribution in [-0.4, -0.2) is 21.9 Å². The molecule has 2 heteroatoms. The summed E-state index contributed by atoms with van der Waals surface area (Å²) in [6, 6.07) is 0. The van der Waals surface area contributed by atoms with Crippen molar-refractivity contribution in [1.82, 2.24) is 0 Å². The fourth-order valence-corrected chi connectivity index (χ4v) is 1.99. The first kappa shape index (κ1) is 14.2. The highest BCUT2D eigenvalue weighted by Gasteiger charge is 2.30. The number of unbranched alkanes of at least 4 members (excludes halogenated alkanes) is 1. The van der Waals surface area contributed by atoms with Crippen molar-refractivity contribution in [2.75, 3.05) is 0 Å². The van der Waals surface area contributed by atoms with Crippen LogP contribution in [0, 0.1) is 11.8 Å². The molecular formula is C15H24O2. The lowest BCUT2D eigenvalue weighted by molar-refractivity contribution is -0.00791. The number of hydrogen-bond acceptors (Lipinski definition) is 2. The molecule has 3 atom stereocenters. The van der Waals surface area contributed by atoms with Gasteiger partial charge in [0.2, 0.25) is 0 Å². The van der Waals surface area contributed by atoms with Crippen molar-refractivity contribution >= 4 is 0 Å². The van der Waals surface area contributed by atoms with Crippen molar-refractivity contribution in [2.45, 2.75) is 45.3 Å². The van der Waals surface area contributed by atoms with E-state index >= 15 is 0 Å². The topological polar surface area (TPSA) is 40.5 Å². The van der Waals surface area contributed by atoms with Gasteiger partial charge in [0.15, 0.2) is 0 Å². The van der Waals surface area contributed by atoms with Gasteiger partial charge >= 0.3 is 0 Å². The van der Waals surface area contributed by atoms with E-state index in [1.807, 2.05) is 18.2 Å². The predicted octanol–water partition coefficient (Wildman–Crippen LogP) is 2.83. The van der Waals surface area contributed by atoms with Crippen molar-refractivity contribution in [3.8, 4) is 0 Å². The van der Waals surface area contributed by atoms with Gasteiger partial charge in [-0.15, -0.1) is 0 Å². The molecule has 0 spiro atoms. The van der Waals surface area contributed by atoms with Crippen LogP contribution in [-0.2, 0) is 0 Å². The average Bonchev–Trinajstić information content (AvgIpc) is 2.40. The number of rotatable bonds is 4. The lowest BCUT2D eigenvalue weighted by Gasteiger charge is -2.28. The van der Waals surface area contributed by atoms with Gasteiger partial charge in [0.05, 0.1) is 11.7 Å². The molecular weight excluding hydrogens is 212 g/mol. The number of aliphatic hydroxyl groups excluding tert-OH is 1. The first-order valence-corrected chi connectivity index (χ1v) is 6.39. The summed E-state index contributed by atoms with van der Waals surface area (Å²) in [5, 5.41) is 19.9. The van der Waals surface area contributed by atoms with E-state index in [4.69, 9.17) is 0 Å². The summed E-state index contributed by atoms with van der Waals surface area (Å²) in [5.74, 6) is -0.0214. The number of hydrogen-bond donors (Lipinski definition) is 2. The fourth-order valence-electron chi connectivity index (χ4n) is 1.99. The molecule has 0 radical (unpaired) electrons. The average molecular weight is 236 g/mol. The van der Waals surface area contributed by atoms with Crippen LogP contribution in [0.4, 0.5) is 0 Å². The van der Waals surface area contributed by atoms with Crippen LogP contribution in [0.5, 0.6) is 0 Å². The predicted molar refractivity (Wildman–Crippen MR) is 71.6 cm³/mol. The minimum Gasteiger partial charge on any atom is -0.390 e. The maximum absolute atomic E-state index is 9.98. The molecule has 0 bridgehead atoms. The highest BCUT2D eigenvalue weighted by molar-refractivity contribution is 5.19. The minimum absolute atomic E-state index is 0.226. The molecule has 96 valence electrons. The van der Waals surface area contributed by atoms with Crippen molar-refractivity contribution in [3.63, 3.8) is 0 Å². The van der Waals surface area contributed by atoms with Crippen molar-refractivity contribution in [2.24, 2.45) is 11.8 Å². The summed E-state index contributed by atoms with van der Waals surface area (Å²) < 4.78 is 0. The molecule has 0 aliphatic heterocycles. The van der Waals surface area contributed by atoms with Crippen LogP contribution >= 0.6 is 0 Å². The monoisotopic (exact) mass is 236 g/mol. The number of aliphatic hydroxyl groups is 2. The Morgan fingerprint density at radius 1 is 1.18 bits per heavy atom.